The predicted octanol–water partition coefficient (Wildman–Crippen LogP) is 14.4. The van der Waals surface area contributed by atoms with E-state index in [0.717, 1.165) is 33.4 Å². The number of aryl methyl sites for hydroxylation is 1. The van der Waals surface area contributed by atoms with Gasteiger partial charge in [0, 0.05) is 33.3 Å². The van der Waals surface area contributed by atoms with E-state index in [4.69, 9.17) is 5.73 Å². The molecule has 55 heavy (non-hydrogen) atoms. The highest BCUT2D eigenvalue weighted by Gasteiger charge is 2.37. The van der Waals surface area contributed by atoms with Gasteiger partial charge in [-0.25, -0.2) is 0 Å². The standard InChI is InChI=1S/C29H26N2S.C16H18.C7H8/c1-18(32)8-9-19-10-11-20-16-21(12-14-23(20)28(19)30)31-22-13-15-25-24-6-4-5-7-26(24)29(2,3)27(25)17-22;1-5-9-12-13-10-7-8-11-15(13)16(3,4)14(12)6-2;1-7-5-3-2-4-6-7/h4-17,31-32H,1,30H2,2-3H3;5-11H,1H2,2-4H3;2-6H,1H3/b9-8-;12-9-,14-6+;. The fourth-order valence-electron chi connectivity index (χ4n) is 7.97. The van der Waals surface area contributed by atoms with Crippen LogP contribution in [0.15, 0.2) is 175 Å². The highest BCUT2D eigenvalue weighted by Crippen LogP contribution is 2.50. The van der Waals surface area contributed by atoms with E-state index in [1.54, 1.807) is 0 Å². The van der Waals surface area contributed by atoms with E-state index >= 15 is 0 Å². The molecular formula is C52H52N2S. The maximum absolute atomic E-state index is 6.41. The summed E-state index contributed by atoms with van der Waals surface area (Å²) in [6.07, 6.45) is 10.0. The van der Waals surface area contributed by atoms with E-state index in [1.165, 1.54) is 50.1 Å². The van der Waals surface area contributed by atoms with E-state index in [9.17, 15) is 0 Å². The summed E-state index contributed by atoms with van der Waals surface area (Å²) in [7, 11) is 0. The van der Waals surface area contributed by atoms with Gasteiger partial charge in [0.1, 0.15) is 0 Å². The number of nitrogens with one attached hydrogen (secondary N) is 1. The lowest BCUT2D eigenvalue weighted by Crippen LogP contribution is -2.15. The molecule has 6 aromatic carbocycles. The van der Waals surface area contributed by atoms with Crippen molar-refractivity contribution in [3.63, 3.8) is 0 Å². The summed E-state index contributed by atoms with van der Waals surface area (Å²) in [6.45, 7) is 21.0. The molecule has 0 saturated heterocycles. The summed E-state index contributed by atoms with van der Waals surface area (Å²) < 4.78 is 0. The van der Waals surface area contributed by atoms with Crippen molar-refractivity contribution in [1.29, 1.82) is 0 Å². The summed E-state index contributed by atoms with van der Waals surface area (Å²) in [5.41, 5.74) is 22.6. The maximum Gasteiger partial charge on any atom is 0.0467 e. The zero-order valence-electron chi connectivity index (χ0n) is 32.9. The number of nitrogens with two attached hydrogens (primary N) is 1. The number of fused-ring (bicyclic) bond motifs is 5. The summed E-state index contributed by atoms with van der Waals surface area (Å²) >= 11 is 4.22. The Morgan fingerprint density at radius 3 is 1.93 bits per heavy atom. The molecule has 2 aliphatic rings. The molecule has 3 N–H and O–H groups in total. The Kier molecular flexibility index (Phi) is 11.5. The molecule has 2 aliphatic carbocycles. The van der Waals surface area contributed by atoms with E-state index in [0.29, 0.717) is 4.91 Å². The molecule has 8 rings (SSSR count). The smallest absolute Gasteiger partial charge is 0.0467 e. The third kappa shape index (κ3) is 8.04. The number of anilines is 3. The van der Waals surface area contributed by atoms with Crippen LogP contribution < -0.4 is 11.1 Å². The van der Waals surface area contributed by atoms with Gasteiger partial charge in [-0.1, -0.05) is 174 Å². The van der Waals surface area contributed by atoms with Crippen molar-refractivity contribution in [1.82, 2.24) is 0 Å². The summed E-state index contributed by atoms with van der Waals surface area (Å²) in [5, 5.41) is 5.72. The molecule has 0 aliphatic heterocycles. The quantitative estimate of drug-likeness (QED) is 0.0937. The molecule has 0 spiro atoms. The van der Waals surface area contributed by atoms with Crippen LogP contribution in [0.2, 0.25) is 0 Å². The van der Waals surface area contributed by atoms with Crippen LogP contribution in [-0.2, 0) is 10.8 Å². The molecular weight excluding hydrogens is 685 g/mol. The Hall–Kier alpha value is -5.77. The van der Waals surface area contributed by atoms with Crippen LogP contribution in [0.25, 0.3) is 33.5 Å². The Morgan fingerprint density at radius 2 is 1.29 bits per heavy atom. The summed E-state index contributed by atoms with van der Waals surface area (Å²) in [5.74, 6) is 0. The zero-order valence-corrected chi connectivity index (χ0v) is 33.8. The minimum atomic E-state index is -0.0102. The number of thiol groups is 1. The second-order valence-corrected chi connectivity index (χ2v) is 15.8. The van der Waals surface area contributed by atoms with Gasteiger partial charge < -0.3 is 11.1 Å². The number of benzene rings is 6. The largest absolute Gasteiger partial charge is 0.398 e. The van der Waals surface area contributed by atoms with E-state index in [2.05, 4.69) is 188 Å². The molecule has 0 saturated carbocycles. The third-order valence-electron chi connectivity index (χ3n) is 10.8. The first-order valence-corrected chi connectivity index (χ1v) is 19.3. The Labute approximate surface area is 334 Å². The van der Waals surface area contributed by atoms with Gasteiger partial charge in [-0.3, -0.25) is 0 Å². The normalized spacial score (nSPS) is 15.7. The van der Waals surface area contributed by atoms with Crippen LogP contribution in [0.4, 0.5) is 17.1 Å². The number of nitrogen functional groups attached to an aromatic ring is 1. The molecule has 0 bridgehead atoms. The Morgan fingerprint density at radius 1 is 0.691 bits per heavy atom. The first-order valence-electron chi connectivity index (χ1n) is 18.9. The van der Waals surface area contributed by atoms with Crippen LogP contribution in [0, 0.1) is 6.92 Å². The molecule has 276 valence electrons. The predicted molar refractivity (Wildman–Crippen MR) is 245 cm³/mol. The average Bonchev–Trinajstić information content (AvgIpc) is 3.54. The number of hydrogen-bond donors (Lipinski definition) is 3. The highest BCUT2D eigenvalue weighted by molar-refractivity contribution is 7.84. The minimum Gasteiger partial charge on any atom is -0.398 e. The third-order valence-corrected chi connectivity index (χ3v) is 10.9. The number of allylic oxidation sites excluding steroid dienone is 6. The van der Waals surface area contributed by atoms with Crippen molar-refractivity contribution in [3.8, 4) is 11.1 Å². The van der Waals surface area contributed by atoms with Gasteiger partial charge in [0.25, 0.3) is 0 Å². The van der Waals surface area contributed by atoms with Gasteiger partial charge in [-0.15, -0.1) is 12.6 Å². The van der Waals surface area contributed by atoms with Crippen molar-refractivity contribution in [2.75, 3.05) is 11.1 Å². The van der Waals surface area contributed by atoms with E-state index in [1.807, 2.05) is 42.5 Å². The van der Waals surface area contributed by atoms with E-state index in [-0.39, 0.29) is 10.8 Å². The summed E-state index contributed by atoms with van der Waals surface area (Å²) in [4.78, 5) is 0.699. The van der Waals surface area contributed by atoms with Gasteiger partial charge in [0.15, 0.2) is 0 Å². The topological polar surface area (TPSA) is 38.0 Å². The average molecular weight is 737 g/mol. The maximum atomic E-state index is 6.41. The lowest BCUT2D eigenvalue weighted by Gasteiger charge is -2.22. The molecule has 0 unspecified atom stereocenters. The lowest BCUT2D eigenvalue weighted by atomic mass is 9.82. The monoisotopic (exact) mass is 736 g/mol. The van der Waals surface area contributed by atoms with Crippen molar-refractivity contribution in [2.24, 2.45) is 0 Å². The van der Waals surface area contributed by atoms with Gasteiger partial charge in [-0.2, -0.15) is 0 Å². The second kappa shape index (κ2) is 16.3. The van der Waals surface area contributed by atoms with E-state index < -0.39 is 0 Å². The number of rotatable bonds is 5. The molecule has 0 heterocycles. The van der Waals surface area contributed by atoms with Crippen LogP contribution in [0.1, 0.15) is 68.0 Å². The van der Waals surface area contributed by atoms with Crippen LogP contribution in [0.3, 0.4) is 0 Å². The fourth-order valence-corrected chi connectivity index (χ4v) is 8.04. The fraction of sp³-hybridized carbons (Fsp3) is 0.154. The van der Waals surface area contributed by atoms with Gasteiger partial charge >= 0.3 is 0 Å². The Balaban J connectivity index is 0.000000184. The second-order valence-electron chi connectivity index (χ2n) is 15.2. The van der Waals surface area contributed by atoms with Crippen LogP contribution >= 0.6 is 12.6 Å². The van der Waals surface area contributed by atoms with Gasteiger partial charge in [-0.05, 0) is 105 Å². The van der Waals surface area contributed by atoms with Crippen molar-refractivity contribution in [2.45, 2.75) is 52.4 Å². The highest BCUT2D eigenvalue weighted by atomic mass is 32.1. The van der Waals surface area contributed by atoms with Crippen LogP contribution in [0.5, 0.6) is 0 Å². The summed E-state index contributed by atoms with van der Waals surface area (Å²) in [6, 6.07) is 44.7. The molecule has 0 amide bonds. The van der Waals surface area contributed by atoms with Crippen LogP contribution in [-0.4, -0.2) is 0 Å². The zero-order chi connectivity index (χ0) is 39.3. The van der Waals surface area contributed by atoms with Crippen molar-refractivity contribution < 1.29 is 0 Å². The number of hydrogen-bond acceptors (Lipinski definition) is 3. The molecule has 0 aromatic heterocycles. The SMILES string of the molecule is C=C(S)/C=C\c1ccc2cc(Nc3ccc4c(c3)C(C)(C)c3ccccc3-4)ccc2c1N.C=C/C=C1\C(=C/C)C(C)(C)c2ccccc21.Cc1ccccc1. The van der Waals surface area contributed by atoms with Crippen molar-refractivity contribution in [3.05, 3.63) is 209 Å². The molecule has 0 radical (unpaired) electrons. The van der Waals surface area contributed by atoms with Gasteiger partial charge in [0.05, 0.1) is 0 Å². The van der Waals surface area contributed by atoms with Gasteiger partial charge in [0.2, 0.25) is 0 Å². The van der Waals surface area contributed by atoms with Crippen molar-refractivity contribution >= 4 is 52.1 Å². The first kappa shape index (κ1) is 38.9. The molecule has 2 nitrogen and oxygen atoms in total. The molecule has 6 aromatic rings. The Bertz CT molecular complexity index is 2480. The lowest BCUT2D eigenvalue weighted by molar-refractivity contribution is 0.659. The molecule has 0 atom stereocenters. The first-order chi connectivity index (χ1) is 26.4. The molecule has 3 heteroatoms. The molecule has 0 fully saturated rings. The minimum absolute atomic E-state index is 0.0102.